The molecule has 1 fully saturated rings. The van der Waals surface area contributed by atoms with Crippen LogP contribution in [-0.2, 0) is 0 Å². The molecule has 1 aliphatic rings. The average Bonchev–Trinajstić information content (AvgIpc) is 3.63. The summed E-state index contributed by atoms with van der Waals surface area (Å²) in [6.07, 6.45) is 7.13. The van der Waals surface area contributed by atoms with Crippen LogP contribution in [0.25, 0.3) is 11.3 Å². The van der Waals surface area contributed by atoms with Crippen LogP contribution in [0.15, 0.2) is 46.0 Å². The molecule has 1 atom stereocenters. The minimum absolute atomic E-state index is 0.150. The lowest BCUT2D eigenvalue weighted by molar-refractivity contribution is 0.482. The summed E-state index contributed by atoms with van der Waals surface area (Å²) in [4.78, 5) is 26.1. The number of hydrogen-bond acceptors (Lipinski definition) is 4. The fourth-order valence-electron chi connectivity index (χ4n) is 3.91. The van der Waals surface area contributed by atoms with Crippen molar-refractivity contribution in [2.24, 2.45) is 11.8 Å². The molecular formula is C27H29Cl2N3O3. The van der Waals surface area contributed by atoms with Crippen molar-refractivity contribution >= 4 is 28.8 Å². The van der Waals surface area contributed by atoms with Gasteiger partial charge >= 0.3 is 5.69 Å². The normalized spacial score (nSPS) is 14.7. The number of aromatic amines is 1. The molecule has 0 radical (unpaired) electrons. The number of rotatable bonds is 8. The Morgan fingerprint density at radius 3 is 2.51 bits per heavy atom. The van der Waals surface area contributed by atoms with Gasteiger partial charge in [0.25, 0.3) is 5.56 Å². The van der Waals surface area contributed by atoms with Gasteiger partial charge in [0.15, 0.2) is 5.75 Å². The zero-order valence-corrected chi connectivity index (χ0v) is 21.8. The Kier molecular flexibility index (Phi) is 7.53. The molecule has 4 rings (SSSR count). The summed E-state index contributed by atoms with van der Waals surface area (Å²) in [6.45, 7) is 8.07. The van der Waals surface area contributed by atoms with Gasteiger partial charge in [-0.3, -0.25) is 9.78 Å². The molecule has 184 valence electrons. The van der Waals surface area contributed by atoms with Crippen LogP contribution >= 0.6 is 23.2 Å². The highest BCUT2D eigenvalue weighted by Gasteiger charge is 2.24. The molecule has 1 N–H and O–H groups in total. The standard InChI is InChI=1S/C27H29Cl2N3O3/c1-5-15(2)10-19(11-18-7-8-18)22-14-21(9-6-16(22)3)35-25-23(28)12-20(13-24(25)29)32-27(34)30-26(33)17(4)31-32/h6,9-10,12-15,18H,5,7-8,11H2,1-4H3,(H,30,33,34)/b19-10-. The van der Waals surface area contributed by atoms with Gasteiger partial charge in [-0.1, -0.05) is 55.6 Å². The highest BCUT2D eigenvalue weighted by Crippen LogP contribution is 2.42. The van der Waals surface area contributed by atoms with Gasteiger partial charge in [0.2, 0.25) is 0 Å². The molecule has 0 bridgehead atoms. The van der Waals surface area contributed by atoms with Crippen molar-refractivity contribution in [3.05, 3.63) is 84.1 Å². The van der Waals surface area contributed by atoms with E-state index in [0.29, 0.717) is 17.4 Å². The van der Waals surface area contributed by atoms with Gasteiger partial charge in [-0.25, -0.2) is 4.79 Å². The first kappa shape index (κ1) is 25.3. The van der Waals surface area contributed by atoms with Crippen molar-refractivity contribution in [1.82, 2.24) is 14.8 Å². The predicted octanol–water partition coefficient (Wildman–Crippen LogP) is 6.87. The maximum Gasteiger partial charge on any atom is 0.349 e. The Hall–Kier alpha value is -2.83. The number of hydrogen-bond donors (Lipinski definition) is 1. The molecule has 0 saturated heterocycles. The third-order valence-corrected chi connectivity index (χ3v) is 6.89. The maximum atomic E-state index is 12.2. The predicted molar refractivity (Wildman–Crippen MR) is 141 cm³/mol. The van der Waals surface area contributed by atoms with E-state index in [1.807, 2.05) is 18.2 Å². The number of aromatic nitrogens is 3. The fraction of sp³-hybridized carbons (Fsp3) is 0.370. The monoisotopic (exact) mass is 513 g/mol. The number of nitrogens with zero attached hydrogens (tertiary/aromatic N) is 2. The second-order valence-corrected chi connectivity index (χ2v) is 10.1. The van der Waals surface area contributed by atoms with E-state index in [-0.39, 0.29) is 21.5 Å². The van der Waals surface area contributed by atoms with Gasteiger partial charge < -0.3 is 4.74 Å². The SMILES string of the molecule is CCC(C)/C=C(/CC1CC1)c1cc(Oc2c(Cl)cc(-n3nc(C)c(=O)[nH]c3=O)cc2Cl)ccc1C. The van der Waals surface area contributed by atoms with E-state index in [1.165, 1.54) is 48.6 Å². The van der Waals surface area contributed by atoms with Gasteiger partial charge in [0, 0.05) is 0 Å². The van der Waals surface area contributed by atoms with Gasteiger partial charge in [0.05, 0.1) is 15.7 Å². The van der Waals surface area contributed by atoms with Crippen molar-refractivity contribution in [2.45, 2.75) is 53.4 Å². The molecule has 1 heterocycles. The average molecular weight is 514 g/mol. The van der Waals surface area contributed by atoms with Crippen LogP contribution in [0.5, 0.6) is 11.5 Å². The molecule has 0 aliphatic heterocycles. The first-order chi connectivity index (χ1) is 16.7. The highest BCUT2D eigenvalue weighted by molar-refractivity contribution is 6.37. The molecule has 1 unspecified atom stereocenters. The zero-order valence-electron chi connectivity index (χ0n) is 20.3. The smallest absolute Gasteiger partial charge is 0.349 e. The molecule has 2 aromatic carbocycles. The molecule has 3 aromatic rings. The molecule has 1 aliphatic carbocycles. The van der Waals surface area contributed by atoms with Crippen LogP contribution in [0.4, 0.5) is 0 Å². The lowest BCUT2D eigenvalue weighted by Gasteiger charge is -2.16. The van der Waals surface area contributed by atoms with E-state index < -0.39 is 11.2 Å². The van der Waals surface area contributed by atoms with Crippen LogP contribution in [0.2, 0.25) is 10.0 Å². The molecule has 0 amide bonds. The van der Waals surface area contributed by atoms with Crippen LogP contribution in [0, 0.1) is 25.7 Å². The van der Waals surface area contributed by atoms with Gasteiger partial charge in [-0.05, 0) is 85.9 Å². The Morgan fingerprint density at radius 1 is 1.20 bits per heavy atom. The molecular weight excluding hydrogens is 485 g/mol. The first-order valence-electron chi connectivity index (χ1n) is 11.9. The summed E-state index contributed by atoms with van der Waals surface area (Å²) in [5.41, 5.74) is 2.98. The van der Waals surface area contributed by atoms with Crippen molar-refractivity contribution in [2.75, 3.05) is 0 Å². The highest BCUT2D eigenvalue weighted by atomic mass is 35.5. The van der Waals surface area contributed by atoms with Gasteiger partial charge in [-0.15, -0.1) is 0 Å². The van der Waals surface area contributed by atoms with E-state index >= 15 is 0 Å². The summed E-state index contributed by atoms with van der Waals surface area (Å²) in [7, 11) is 0. The Morgan fingerprint density at radius 2 is 1.89 bits per heavy atom. The number of benzene rings is 2. The lowest BCUT2D eigenvalue weighted by atomic mass is 9.92. The van der Waals surface area contributed by atoms with E-state index in [4.69, 9.17) is 27.9 Å². The van der Waals surface area contributed by atoms with Crippen molar-refractivity contribution < 1.29 is 4.74 Å². The third kappa shape index (κ3) is 5.88. The summed E-state index contributed by atoms with van der Waals surface area (Å²) in [5, 5.41) is 4.48. The summed E-state index contributed by atoms with van der Waals surface area (Å²) >= 11 is 13.0. The summed E-state index contributed by atoms with van der Waals surface area (Å²) in [6, 6.07) is 9.06. The molecule has 0 spiro atoms. The van der Waals surface area contributed by atoms with E-state index in [9.17, 15) is 9.59 Å². The van der Waals surface area contributed by atoms with Crippen molar-refractivity contribution in [3.63, 3.8) is 0 Å². The maximum absolute atomic E-state index is 12.2. The Labute approximate surface area is 214 Å². The molecule has 1 saturated carbocycles. The van der Waals surface area contributed by atoms with E-state index in [2.05, 4.69) is 36.9 Å². The lowest BCUT2D eigenvalue weighted by Crippen LogP contribution is -2.32. The van der Waals surface area contributed by atoms with E-state index in [0.717, 1.165) is 23.4 Å². The summed E-state index contributed by atoms with van der Waals surface area (Å²) < 4.78 is 7.19. The number of nitrogens with one attached hydrogen (secondary N) is 1. The van der Waals surface area contributed by atoms with Crippen molar-refractivity contribution in [3.8, 4) is 17.2 Å². The quantitative estimate of drug-likeness (QED) is 0.356. The van der Waals surface area contributed by atoms with Crippen molar-refractivity contribution in [1.29, 1.82) is 0 Å². The minimum atomic E-state index is -0.680. The largest absolute Gasteiger partial charge is 0.454 e. The topological polar surface area (TPSA) is 77.0 Å². The Balaban J connectivity index is 1.68. The molecule has 8 heteroatoms. The number of H-pyrrole nitrogens is 1. The second kappa shape index (κ2) is 10.4. The molecule has 1 aromatic heterocycles. The Bertz CT molecular complexity index is 1380. The fourth-order valence-corrected chi connectivity index (χ4v) is 4.47. The number of allylic oxidation sites excluding steroid dienone is 2. The number of ether oxygens (including phenoxy) is 1. The third-order valence-electron chi connectivity index (χ3n) is 6.33. The van der Waals surface area contributed by atoms with Crippen LogP contribution in [0.1, 0.15) is 56.4 Å². The number of halogens is 2. The van der Waals surface area contributed by atoms with Crippen LogP contribution in [-0.4, -0.2) is 14.8 Å². The van der Waals surface area contributed by atoms with Gasteiger partial charge in [0.1, 0.15) is 11.4 Å². The first-order valence-corrected chi connectivity index (χ1v) is 12.6. The summed E-state index contributed by atoms with van der Waals surface area (Å²) in [5.74, 6) is 2.18. The molecule has 6 nitrogen and oxygen atoms in total. The van der Waals surface area contributed by atoms with Crippen LogP contribution < -0.4 is 16.0 Å². The molecule has 35 heavy (non-hydrogen) atoms. The number of aryl methyl sites for hydroxylation is 2. The van der Waals surface area contributed by atoms with Gasteiger partial charge in [-0.2, -0.15) is 9.78 Å². The second-order valence-electron chi connectivity index (χ2n) is 9.30. The van der Waals surface area contributed by atoms with E-state index in [1.54, 1.807) is 0 Å². The zero-order chi connectivity index (χ0) is 25.3. The van der Waals surface area contributed by atoms with Crippen LogP contribution in [0.3, 0.4) is 0 Å². The minimum Gasteiger partial charge on any atom is -0.454 e.